The Kier molecular flexibility index (Phi) is 7.02. The number of nitrogens with zero attached hydrogens (tertiary/aromatic N) is 2. The average Bonchev–Trinajstić information content (AvgIpc) is 3.24. The van der Waals surface area contributed by atoms with Crippen molar-refractivity contribution in [2.24, 2.45) is 0 Å². The summed E-state index contributed by atoms with van der Waals surface area (Å²) in [6.07, 6.45) is 0.487. The summed E-state index contributed by atoms with van der Waals surface area (Å²) in [6.45, 7) is 0. The minimum Gasteiger partial charge on any atom is -0.497 e. The van der Waals surface area contributed by atoms with Crippen LogP contribution in [0.3, 0.4) is 0 Å². The summed E-state index contributed by atoms with van der Waals surface area (Å²) in [7, 11) is 1.65. The lowest BCUT2D eigenvalue weighted by Gasteiger charge is -2.13. The molecule has 0 bridgehead atoms. The van der Waals surface area contributed by atoms with Crippen molar-refractivity contribution in [1.29, 1.82) is 0 Å². The number of ether oxygens (including phenoxy) is 1. The topological polar surface area (TPSA) is 60.2 Å². The molecule has 0 radical (unpaired) electrons. The Morgan fingerprint density at radius 3 is 2.42 bits per heavy atom. The lowest BCUT2D eigenvalue weighted by Crippen LogP contribution is -1.98. The molecule has 0 unspecified atom stereocenters. The highest BCUT2D eigenvalue weighted by Gasteiger charge is 2.13. The highest BCUT2D eigenvalue weighted by molar-refractivity contribution is 7.98. The van der Waals surface area contributed by atoms with E-state index in [1.54, 1.807) is 19.2 Å². The van der Waals surface area contributed by atoms with Gasteiger partial charge in [-0.15, -0.1) is 10.2 Å². The number of thioether (sulfide) groups is 1. The molecule has 0 saturated carbocycles. The van der Waals surface area contributed by atoms with Gasteiger partial charge in [0.15, 0.2) is 0 Å². The first-order valence-electron chi connectivity index (χ1n) is 9.49. The summed E-state index contributed by atoms with van der Waals surface area (Å²) in [6, 6.07) is 21.2. The van der Waals surface area contributed by atoms with Crippen molar-refractivity contribution < 1.29 is 9.15 Å². The molecular weight excluding hydrogens is 453 g/mol. The number of aromatic nitrogens is 2. The zero-order chi connectivity index (χ0) is 21.6. The predicted octanol–water partition coefficient (Wildman–Crippen LogP) is 7.01. The summed E-state index contributed by atoms with van der Waals surface area (Å²) in [4.78, 5) is 0. The summed E-state index contributed by atoms with van der Waals surface area (Å²) in [5, 5.41) is 13.3. The van der Waals surface area contributed by atoms with Gasteiger partial charge >= 0.3 is 0 Å². The van der Waals surface area contributed by atoms with Gasteiger partial charge in [0, 0.05) is 11.4 Å². The van der Waals surface area contributed by atoms with Gasteiger partial charge in [0.25, 0.3) is 5.22 Å². The predicted molar refractivity (Wildman–Crippen MR) is 126 cm³/mol. The van der Waals surface area contributed by atoms with E-state index in [0.29, 0.717) is 33.3 Å². The van der Waals surface area contributed by atoms with Crippen LogP contribution in [0.4, 0.5) is 11.4 Å². The quantitative estimate of drug-likeness (QED) is 0.278. The molecule has 0 fully saturated rings. The zero-order valence-corrected chi connectivity index (χ0v) is 19.0. The standard InChI is InChI=1S/C23H19Cl2N3O2S/c1-29-17-11-9-15(10-12-17)14-31-23-28-27-21(30-23)13-16-5-2-3-8-20(16)26-22-18(24)6-4-7-19(22)25/h2-12,26H,13-14H2,1H3. The smallest absolute Gasteiger partial charge is 0.276 e. The van der Waals surface area contributed by atoms with Crippen LogP contribution in [0.25, 0.3) is 0 Å². The highest BCUT2D eigenvalue weighted by atomic mass is 35.5. The van der Waals surface area contributed by atoms with Crippen LogP contribution >= 0.6 is 35.0 Å². The molecule has 0 atom stereocenters. The molecular formula is C23H19Cl2N3O2S. The Bertz CT molecular complexity index is 1150. The zero-order valence-electron chi connectivity index (χ0n) is 16.6. The molecule has 0 aliphatic heterocycles. The molecule has 4 rings (SSSR count). The number of hydrogen-bond donors (Lipinski definition) is 1. The van der Waals surface area contributed by atoms with Crippen molar-refractivity contribution in [3.63, 3.8) is 0 Å². The first kappa shape index (κ1) is 21.6. The first-order chi connectivity index (χ1) is 15.1. The molecule has 0 saturated heterocycles. The number of rotatable bonds is 8. The third-order valence-corrected chi connectivity index (χ3v) is 6.07. The van der Waals surface area contributed by atoms with Gasteiger partial charge in [0.05, 0.1) is 29.3 Å². The molecule has 0 aliphatic rings. The number of benzene rings is 3. The number of hydrogen-bond acceptors (Lipinski definition) is 6. The van der Waals surface area contributed by atoms with Crippen LogP contribution in [-0.2, 0) is 12.2 Å². The van der Waals surface area contributed by atoms with Crippen molar-refractivity contribution in [2.45, 2.75) is 17.4 Å². The maximum atomic E-state index is 6.30. The maximum Gasteiger partial charge on any atom is 0.276 e. The first-order valence-corrected chi connectivity index (χ1v) is 11.2. The fourth-order valence-electron chi connectivity index (χ4n) is 2.95. The van der Waals surface area contributed by atoms with Crippen molar-refractivity contribution in [3.05, 3.63) is 93.8 Å². The second-order valence-corrected chi connectivity index (χ2v) is 8.40. The molecule has 0 aliphatic carbocycles. The normalized spacial score (nSPS) is 10.8. The minimum atomic E-state index is 0.487. The van der Waals surface area contributed by atoms with Crippen molar-refractivity contribution in [2.75, 3.05) is 12.4 Å². The van der Waals surface area contributed by atoms with Gasteiger partial charge in [-0.05, 0) is 41.5 Å². The average molecular weight is 472 g/mol. The minimum absolute atomic E-state index is 0.487. The summed E-state index contributed by atoms with van der Waals surface area (Å²) < 4.78 is 11.0. The Labute approximate surface area is 194 Å². The van der Waals surface area contributed by atoms with Crippen molar-refractivity contribution in [1.82, 2.24) is 10.2 Å². The van der Waals surface area contributed by atoms with Crippen LogP contribution in [0, 0.1) is 0 Å². The van der Waals surface area contributed by atoms with Crippen LogP contribution in [0.15, 0.2) is 76.4 Å². The molecule has 31 heavy (non-hydrogen) atoms. The van der Waals surface area contributed by atoms with E-state index in [2.05, 4.69) is 15.5 Å². The molecule has 0 amide bonds. The lowest BCUT2D eigenvalue weighted by atomic mass is 10.1. The van der Waals surface area contributed by atoms with E-state index < -0.39 is 0 Å². The number of nitrogens with one attached hydrogen (secondary N) is 1. The van der Waals surface area contributed by atoms with Gasteiger partial charge in [-0.1, -0.05) is 71.4 Å². The fourth-order valence-corrected chi connectivity index (χ4v) is 4.17. The van der Waals surface area contributed by atoms with Gasteiger partial charge in [-0.25, -0.2) is 0 Å². The second kappa shape index (κ2) is 10.1. The molecule has 3 aromatic carbocycles. The van der Waals surface area contributed by atoms with Gasteiger partial charge in [0.1, 0.15) is 5.75 Å². The fraction of sp³-hybridized carbons (Fsp3) is 0.130. The van der Waals surface area contributed by atoms with Crippen LogP contribution in [-0.4, -0.2) is 17.3 Å². The molecule has 1 N–H and O–H groups in total. The van der Waals surface area contributed by atoms with E-state index in [9.17, 15) is 0 Å². The largest absolute Gasteiger partial charge is 0.497 e. The molecule has 8 heteroatoms. The number of para-hydroxylation sites is 2. The Morgan fingerprint density at radius 2 is 1.68 bits per heavy atom. The van der Waals surface area contributed by atoms with Gasteiger partial charge in [0.2, 0.25) is 5.89 Å². The monoisotopic (exact) mass is 471 g/mol. The Morgan fingerprint density at radius 1 is 0.935 bits per heavy atom. The Hall–Kier alpha value is -2.67. The molecule has 1 aromatic heterocycles. The third kappa shape index (κ3) is 5.53. The van der Waals surface area contributed by atoms with Crippen LogP contribution in [0.2, 0.25) is 10.0 Å². The number of halogens is 2. The van der Waals surface area contributed by atoms with E-state index in [1.165, 1.54) is 11.8 Å². The van der Waals surface area contributed by atoms with Crippen molar-refractivity contribution >= 4 is 46.3 Å². The van der Waals surface area contributed by atoms with E-state index in [1.807, 2.05) is 54.6 Å². The van der Waals surface area contributed by atoms with Crippen molar-refractivity contribution in [3.8, 4) is 5.75 Å². The van der Waals surface area contributed by atoms with Crippen LogP contribution < -0.4 is 10.1 Å². The molecule has 0 spiro atoms. The van der Waals surface area contributed by atoms with E-state index in [-0.39, 0.29) is 0 Å². The molecule has 4 aromatic rings. The highest BCUT2D eigenvalue weighted by Crippen LogP contribution is 2.34. The van der Waals surface area contributed by atoms with E-state index in [4.69, 9.17) is 32.4 Å². The number of anilines is 2. The van der Waals surface area contributed by atoms with Gasteiger partial charge < -0.3 is 14.5 Å². The summed E-state index contributed by atoms with van der Waals surface area (Å²) in [5.41, 5.74) is 3.69. The lowest BCUT2D eigenvalue weighted by molar-refractivity contribution is 0.414. The van der Waals surface area contributed by atoms with Crippen LogP contribution in [0.1, 0.15) is 17.0 Å². The summed E-state index contributed by atoms with van der Waals surface area (Å²) in [5.74, 6) is 2.10. The van der Waals surface area contributed by atoms with E-state index in [0.717, 1.165) is 28.3 Å². The molecule has 5 nitrogen and oxygen atoms in total. The van der Waals surface area contributed by atoms with Crippen LogP contribution in [0.5, 0.6) is 5.75 Å². The number of methoxy groups -OCH3 is 1. The Balaban J connectivity index is 1.44. The van der Waals surface area contributed by atoms with E-state index >= 15 is 0 Å². The molecule has 1 heterocycles. The second-order valence-electron chi connectivity index (χ2n) is 6.65. The SMILES string of the molecule is COc1ccc(CSc2nnc(Cc3ccccc3Nc3c(Cl)cccc3Cl)o2)cc1. The van der Waals surface area contributed by atoms with Gasteiger partial charge in [-0.2, -0.15) is 0 Å². The maximum absolute atomic E-state index is 6.30. The van der Waals surface area contributed by atoms with Gasteiger partial charge in [-0.3, -0.25) is 0 Å². The summed E-state index contributed by atoms with van der Waals surface area (Å²) >= 11 is 14.1. The molecule has 158 valence electrons. The third-order valence-electron chi connectivity index (χ3n) is 4.55.